The van der Waals surface area contributed by atoms with Gasteiger partial charge < -0.3 is 10.6 Å². The van der Waals surface area contributed by atoms with Crippen LogP contribution in [0.1, 0.15) is 31.4 Å². The third kappa shape index (κ3) is 3.23. The number of alkyl halides is 3. The summed E-state index contributed by atoms with van der Waals surface area (Å²) in [5.41, 5.74) is 6.71. The first-order chi connectivity index (χ1) is 9.29. The Morgan fingerprint density at radius 1 is 1.25 bits per heavy atom. The van der Waals surface area contributed by atoms with Gasteiger partial charge in [-0.1, -0.05) is 6.07 Å². The van der Waals surface area contributed by atoms with Crippen LogP contribution in [-0.4, -0.2) is 19.3 Å². The first-order valence-corrected chi connectivity index (χ1v) is 6.65. The molecule has 20 heavy (non-hydrogen) atoms. The highest BCUT2D eigenvalue weighted by Gasteiger charge is 2.41. The minimum absolute atomic E-state index is 0.0119. The minimum Gasteiger partial charge on any atom is -0.369 e. The molecule has 2 nitrogen and oxygen atoms in total. The topological polar surface area (TPSA) is 29.3 Å². The van der Waals surface area contributed by atoms with E-state index < -0.39 is 17.9 Å². The van der Waals surface area contributed by atoms with E-state index in [2.05, 4.69) is 0 Å². The van der Waals surface area contributed by atoms with Crippen molar-refractivity contribution in [3.05, 3.63) is 29.6 Å². The lowest BCUT2D eigenvalue weighted by molar-refractivity contribution is -0.179. The molecule has 112 valence electrons. The second-order valence-corrected chi connectivity index (χ2v) is 5.30. The van der Waals surface area contributed by atoms with E-state index in [0.29, 0.717) is 11.3 Å². The van der Waals surface area contributed by atoms with Crippen LogP contribution in [0.5, 0.6) is 0 Å². The summed E-state index contributed by atoms with van der Waals surface area (Å²) in [5.74, 6) is -1.70. The number of benzene rings is 1. The predicted molar refractivity (Wildman–Crippen MR) is 70.0 cm³/mol. The van der Waals surface area contributed by atoms with Crippen molar-refractivity contribution in [2.24, 2.45) is 11.7 Å². The lowest BCUT2D eigenvalue weighted by Crippen LogP contribution is -2.39. The average Bonchev–Trinajstić information content (AvgIpc) is 2.37. The summed E-state index contributed by atoms with van der Waals surface area (Å²) >= 11 is 0. The first kappa shape index (κ1) is 15.1. The number of hydrogen-bond donors (Lipinski definition) is 1. The van der Waals surface area contributed by atoms with E-state index in [1.54, 1.807) is 24.0 Å². The fourth-order valence-corrected chi connectivity index (χ4v) is 2.51. The molecule has 1 aliphatic heterocycles. The lowest BCUT2D eigenvalue weighted by atomic mass is 9.95. The Labute approximate surface area is 115 Å². The molecule has 1 saturated heterocycles. The summed E-state index contributed by atoms with van der Waals surface area (Å²) in [6, 6.07) is 4.41. The summed E-state index contributed by atoms with van der Waals surface area (Å²) in [6.07, 6.45) is -4.13. The maximum absolute atomic E-state index is 14.0. The Kier molecular flexibility index (Phi) is 4.22. The van der Waals surface area contributed by atoms with E-state index >= 15 is 0 Å². The highest BCUT2D eigenvalue weighted by Crippen LogP contribution is 2.36. The van der Waals surface area contributed by atoms with Crippen molar-refractivity contribution in [3.63, 3.8) is 0 Å². The SMILES string of the molecule is CC(N)c1ccc(N2CCC(C(F)(F)F)CC2)c(F)c1. The molecule has 0 spiro atoms. The molecule has 1 heterocycles. The van der Waals surface area contributed by atoms with Crippen LogP contribution in [0.25, 0.3) is 0 Å². The standard InChI is InChI=1S/C14H18F4N2/c1-9(19)10-2-3-13(12(15)8-10)20-6-4-11(5-7-20)14(16,17)18/h2-3,8-9,11H,4-7,19H2,1H3. The molecule has 0 radical (unpaired) electrons. The molecule has 2 rings (SSSR count). The number of anilines is 1. The van der Waals surface area contributed by atoms with Gasteiger partial charge in [0.25, 0.3) is 0 Å². The number of halogens is 4. The average molecular weight is 290 g/mol. The van der Waals surface area contributed by atoms with Crippen molar-refractivity contribution in [1.82, 2.24) is 0 Å². The minimum atomic E-state index is -4.15. The van der Waals surface area contributed by atoms with Crippen LogP contribution in [0.2, 0.25) is 0 Å². The molecule has 1 aromatic carbocycles. The molecule has 1 atom stereocenters. The molecule has 1 fully saturated rings. The second-order valence-electron chi connectivity index (χ2n) is 5.30. The molecule has 0 bridgehead atoms. The number of hydrogen-bond acceptors (Lipinski definition) is 2. The molecule has 2 N–H and O–H groups in total. The molecule has 0 saturated carbocycles. The van der Waals surface area contributed by atoms with Crippen LogP contribution >= 0.6 is 0 Å². The Hall–Kier alpha value is -1.30. The zero-order valence-electron chi connectivity index (χ0n) is 11.3. The van der Waals surface area contributed by atoms with Crippen molar-refractivity contribution in [2.75, 3.05) is 18.0 Å². The van der Waals surface area contributed by atoms with Crippen LogP contribution < -0.4 is 10.6 Å². The van der Waals surface area contributed by atoms with E-state index in [1.165, 1.54) is 6.07 Å². The molecule has 1 unspecified atom stereocenters. The molecular weight excluding hydrogens is 272 g/mol. The third-order valence-corrected chi connectivity index (χ3v) is 3.80. The van der Waals surface area contributed by atoms with Gasteiger partial charge in [-0.15, -0.1) is 0 Å². The number of nitrogens with zero attached hydrogens (tertiary/aromatic N) is 1. The lowest BCUT2D eigenvalue weighted by Gasteiger charge is -2.34. The van der Waals surface area contributed by atoms with Crippen LogP contribution in [0.15, 0.2) is 18.2 Å². The van der Waals surface area contributed by atoms with E-state index in [9.17, 15) is 17.6 Å². The van der Waals surface area contributed by atoms with Crippen molar-refractivity contribution >= 4 is 5.69 Å². The smallest absolute Gasteiger partial charge is 0.369 e. The van der Waals surface area contributed by atoms with Crippen LogP contribution in [0.3, 0.4) is 0 Å². The van der Waals surface area contributed by atoms with Crippen molar-refractivity contribution in [1.29, 1.82) is 0 Å². The fraction of sp³-hybridized carbons (Fsp3) is 0.571. The molecular formula is C14H18F4N2. The van der Waals surface area contributed by atoms with Gasteiger partial charge in [-0.05, 0) is 37.5 Å². The number of nitrogens with two attached hydrogens (primary N) is 1. The highest BCUT2D eigenvalue weighted by molar-refractivity contribution is 5.50. The highest BCUT2D eigenvalue weighted by atomic mass is 19.4. The first-order valence-electron chi connectivity index (χ1n) is 6.65. The monoisotopic (exact) mass is 290 g/mol. The van der Waals surface area contributed by atoms with Crippen LogP contribution in [-0.2, 0) is 0 Å². The maximum atomic E-state index is 14.0. The van der Waals surface area contributed by atoms with Crippen molar-refractivity contribution in [2.45, 2.75) is 32.0 Å². The zero-order valence-corrected chi connectivity index (χ0v) is 11.3. The van der Waals surface area contributed by atoms with Crippen LogP contribution in [0.4, 0.5) is 23.2 Å². The quantitative estimate of drug-likeness (QED) is 0.843. The van der Waals surface area contributed by atoms with E-state index in [0.717, 1.165) is 0 Å². The summed E-state index contributed by atoms with van der Waals surface area (Å²) in [4.78, 5) is 1.67. The van der Waals surface area contributed by atoms with Gasteiger partial charge in [-0.25, -0.2) is 4.39 Å². The van der Waals surface area contributed by atoms with Gasteiger partial charge in [0, 0.05) is 19.1 Å². The van der Waals surface area contributed by atoms with E-state index in [-0.39, 0.29) is 32.0 Å². The zero-order chi connectivity index (χ0) is 14.9. The Morgan fingerprint density at radius 2 is 1.85 bits per heavy atom. The fourth-order valence-electron chi connectivity index (χ4n) is 2.51. The molecule has 0 aromatic heterocycles. The van der Waals surface area contributed by atoms with Gasteiger partial charge >= 0.3 is 6.18 Å². The summed E-state index contributed by atoms with van der Waals surface area (Å²) in [5, 5.41) is 0. The number of piperidine rings is 1. The largest absolute Gasteiger partial charge is 0.391 e. The van der Waals surface area contributed by atoms with Crippen LogP contribution in [0, 0.1) is 11.7 Å². The Morgan fingerprint density at radius 3 is 2.30 bits per heavy atom. The van der Waals surface area contributed by atoms with Gasteiger partial charge in [0.15, 0.2) is 0 Å². The van der Waals surface area contributed by atoms with E-state index in [1.807, 2.05) is 0 Å². The normalized spacial score (nSPS) is 19.2. The van der Waals surface area contributed by atoms with Gasteiger partial charge in [-0.3, -0.25) is 0 Å². The summed E-state index contributed by atoms with van der Waals surface area (Å²) in [6.45, 7) is 2.19. The Balaban J connectivity index is 2.07. The Bertz CT molecular complexity index is 463. The number of rotatable bonds is 2. The summed E-state index contributed by atoms with van der Waals surface area (Å²) < 4.78 is 51.8. The predicted octanol–water partition coefficient (Wildman–Crippen LogP) is 3.62. The van der Waals surface area contributed by atoms with Gasteiger partial charge in [0.2, 0.25) is 0 Å². The molecule has 6 heteroatoms. The van der Waals surface area contributed by atoms with E-state index in [4.69, 9.17) is 5.73 Å². The molecule has 1 aliphatic rings. The van der Waals surface area contributed by atoms with Gasteiger partial charge in [0.05, 0.1) is 11.6 Å². The second kappa shape index (κ2) is 5.60. The summed E-state index contributed by atoms with van der Waals surface area (Å²) in [7, 11) is 0. The van der Waals surface area contributed by atoms with Gasteiger partial charge in [-0.2, -0.15) is 13.2 Å². The van der Waals surface area contributed by atoms with Crippen molar-refractivity contribution < 1.29 is 17.6 Å². The van der Waals surface area contributed by atoms with Crippen molar-refractivity contribution in [3.8, 4) is 0 Å². The third-order valence-electron chi connectivity index (χ3n) is 3.80. The molecule has 0 amide bonds. The molecule has 1 aromatic rings. The molecule has 0 aliphatic carbocycles. The van der Waals surface area contributed by atoms with Gasteiger partial charge in [0.1, 0.15) is 5.82 Å². The maximum Gasteiger partial charge on any atom is 0.391 e.